The number of pyridine rings is 1. The van der Waals surface area contributed by atoms with Crippen LogP contribution in [0.2, 0.25) is 0 Å². The van der Waals surface area contributed by atoms with Crippen LogP contribution in [0.3, 0.4) is 0 Å². The number of likely N-dealkylation sites (N-methyl/N-ethyl adjacent to an activating group) is 1. The lowest BCUT2D eigenvalue weighted by molar-refractivity contribution is -0.384. The third-order valence-corrected chi connectivity index (χ3v) is 3.96. The fraction of sp³-hybridized carbons (Fsp3) is 0.278. The maximum atomic E-state index is 13.0. The van der Waals surface area contributed by atoms with E-state index in [4.69, 9.17) is 0 Å². The molecule has 0 N–H and O–H groups in total. The van der Waals surface area contributed by atoms with E-state index < -0.39 is 29.5 Å². The van der Waals surface area contributed by atoms with Gasteiger partial charge in [-0.3, -0.25) is 29.5 Å². The summed E-state index contributed by atoms with van der Waals surface area (Å²) in [6, 6.07) is 7.19. The molecule has 1 heterocycles. The Labute approximate surface area is 163 Å². The van der Waals surface area contributed by atoms with Crippen LogP contribution < -0.4 is 9.80 Å². The van der Waals surface area contributed by atoms with Gasteiger partial charge in [-0.15, -0.1) is 0 Å². The van der Waals surface area contributed by atoms with E-state index in [1.807, 2.05) is 0 Å². The summed E-state index contributed by atoms with van der Waals surface area (Å²) in [6.45, 7) is 2.54. The van der Waals surface area contributed by atoms with Crippen molar-refractivity contribution in [3.8, 4) is 0 Å². The Bertz CT molecular complexity index is 925. The number of nitro groups is 1. The Morgan fingerprint density at radius 1 is 1.14 bits per heavy atom. The number of nitrogens with zero attached hydrogens (tertiary/aromatic N) is 4. The lowest BCUT2D eigenvalue weighted by Gasteiger charge is -2.26. The molecule has 8 nitrogen and oxygen atoms in total. The molecular formula is C18H17F3N4O4. The highest BCUT2D eigenvalue weighted by molar-refractivity contribution is 6.05. The van der Waals surface area contributed by atoms with Gasteiger partial charge in [-0.1, -0.05) is 0 Å². The Morgan fingerprint density at radius 3 is 2.21 bits per heavy atom. The van der Waals surface area contributed by atoms with Crippen molar-refractivity contribution in [2.45, 2.75) is 20.0 Å². The van der Waals surface area contributed by atoms with Gasteiger partial charge in [0.1, 0.15) is 12.4 Å². The van der Waals surface area contributed by atoms with Gasteiger partial charge in [0.05, 0.1) is 4.92 Å². The van der Waals surface area contributed by atoms with Gasteiger partial charge in [-0.25, -0.2) is 4.98 Å². The van der Waals surface area contributed by atoms with Crippen LogP contribution in [0.5, 0.6) is 0 Å². The maximum Gasteiger partial charge on any atom is 0.471 e. The molecule has 0 aliphatic heterocycles. The van der Waals surface area contributed by atoms with Crippen molar-refractivity contribution in [2.24, 2.45) is 0 Å². The number of hydrogen-bond acceptors (Lipinski definition) is 5. The second-order valence-electron chi connectivity index (χ2n) is 6.26. The third-order valence-electron chi connectivity index (χ3n) is 3.96. The number of halogens is 3. The van der Waals surface area contributed by atoms with E-state index in [9.17, 15) is 32.9 Å². The largest absolute Gasteiger partial charge is 0.471 e. The van der Waals surface area contributed by atoms with Crippen LogP contribution >= 0.6 is 0 Å². The average Bonchev–Trinajstić information content (AvgIpc) is 2.63. The topological polar surface area (TPSA) is 96.7 Å². The van der Waals surface area contributed by atoms with E-state index in [-0.39, 0.29) is 22.1 Å². The van der Waals surface area contributed by atoms with Gasteiger partial charge in [0.15, 0.2) is 0 Å². The number of carbonyl (C=O) groups excluding carboxylic acids is 2. The number of aromatic nitrogens is 1. The van der Waals surface area contributed by atoms with Gasteiger partial charge < -0.3 is 0 Å². The Hall–Kier alpha value is -3.50. The molecule has 0 aliphatic rings. The van der Waals surface area contributed by atoms with Crippen LogP contribution in [0.1, 0.15) is 11.3 Å². The molecule has 1 aromatic heterocycles. The van der Waals surface area contributed by atoms with Crippen molar-refractivity contribution in [3.05, 3.63) is 57.8 Å². The van der Waals surface area contributed by atoms with Gasteiger partial charge in [-0.2, -0.15) is 13.2 Å². The van der Waals surface area contributed by atoms with Crippen molar-refractivity contribution in [3.63, 3.8) is 0 Å². The molecule has 11 heteroatoms. The van der Waals surface area contributed by atoms with E-state index in [1.165, 1.54) is 7.05 Å². The number of carbonyl (C=O) groups is 2. The molecular weight excluding hydrogens is 393 g/mol. The predicted molar refractivity (Wildman–Crippen MR) is 98.6 cm³/mol. The molecule has 0 fully saturated rings. The van der Waals surface area contributed by atoms with E-state index in [2.05, 4.69) is 4.98 Å². The van der Waals surface area contributed by atoms with Crippen LogP contribution in [0, 0.1) is 24.0 Å². The van der Waals surface area contributed by atoms with Crippen LogP contribution in [0.15, 0.2) is 36.4 Å². The number of hydrogen-bond donors (Lipinski definition) is 0. The molecule has 0 unspecified atom stereocenters. The highest BCUT2D eigenvalue weighted by atomic mass is 19.4. The number of nitro benzene ring substituents is 1. The Morgan fingerprint density at radius 2 is 1.72 bits per heavy atom. The molecule has 0 bridgehead atoms. The normalized spacial score (nSPS) is 11.1. The summed E-state index contributed by atoms with van der Waals surface area (Å²) in [5.74, 6) is -2.87. The molecule has 2 amide bonds. The molecule has 0 saturated carbocycles. The van der Waals surface area contributed by atoms with Crippen molar-refractivity contribution in [1.82, 2.24) is 4.98 Å². The van der Waals surface area contributed by atoms with Gasteiger partial charge in [-0.05, 0) is 43.7 Å². The second-order valence-corrected chi connectivity index (χ2v) is 6.26. The van der Waals surface area contributed by atoms with Crippen LogP contribution in [0.25, 0.3) is 0 Å². The van der Waals surface area contributed by atoms with Crippen molar-refractivity contribution in [2.75, 3.05) is 23.4 Å². The maximum absolute atomic E-state index is 13.0. The summed E-state index contributed by atoms with van der Waals surface area (Å²) in [5.41, 5.74) is 0.744. The SMILES string of the molecule is Cc1cc(C)nc(N(C)C(=O)CN(C(=O)C(F)(F)F)c2ccc([N+](=O)[O-])cc2)c1. The highest BCUT2D eigenvalue weighted by Crippen LogP contribution is 2.26. The van der Waals surface area contributed by atoms with Gasteiger partial charge in [0.2, 0.25) is 5.91 Å². The molecule has 0 radical (unpaired) electrons. The monoisotopic (exact) mass is 410 g/mol. The molecule has 0 aliphatic carbocycles. The standard InChI is InChI=1S/C18H17F3N4O4/c1-11-8-12(2)22-15(9-11)23(3)16(26)10-24(17(27)18(19,20)21)13-4-6-14(7-5-13)25(28)29/h4-9H,10H2,1-3H3. The quantitative estimate of drug-likeness (QED) is 0.557. The minimum absolute atomic E-state index is 0.218. The van der Waals surface area contributed by atoms with Gasteiger partial charge in [0, 0.05) is 30.6 Å². The van der Waals surface area contributed by atoms with Crippen LogP contribution in [0.4, 0.5) is 30.4 Å². The first-order chi connectivity index (χ1) is 13.4. The smallest absolute Gasteiger partial charge is 0.298 e. The number of aryl methyl sites for hydroxylation is 2. The first-order valence-corrected chi connectivity index (χ1v) is 8.25. The zero-order valence-corrected chi connectivity index (χ0v) is 15.7. The Kier molecular flexibility index (Phi) is 6.20. The first-order valence-electron chi connectivity index (χ1n) is 8.25. The lowest BCUT2D eigenvalue weighted by Crippen LogP contribution is -2.47. The number of amides is 2. The summed E-state index contributed by atoms with van der Waals surface area (Å²) in [5, 5.41) is 10.7. The zero-order valence-electron chi connectivity index (χ0n) is 15.7. The number of rotatable bonds is 5. The fourth-order valence-corrected chi connectivity index (χ4v) is 2.55. The van der Waals surface area contributed by atoms with E-state index in [1.54, 1.807) is 26.0 Å². The summed E-state index contributed by atoms with van der Waals surface area (Å²) in [7, 11) is 1.33. The van der Waals surface area contributed by atoms with E-state index in [0.29, 0.717) is 5.69 Å². The first kappa shape index (κ1) is 21.8. The van der Waals surface area contributed by atoms with E-state index in [0.717, 1.165) is 34.7 Å². The van der Waals surface area contributed by atoms with Crippen molar-refractivity contribution >= 4 is 29.0 Å². The number of benzene rings is 1. The van der Waals surface area contributed by atoms with Crippen LogP contribution in [-0.4, -0.2) is 41.5 Å². The molecule has 154 valence electrons. The zero-order chi connectivity index (χ0) is 21.9. The molecule has 2 aromatic rings. The highest BCUT2D eigenvalue weighted by Gasteiger charge is 2.44. The van der Waals surface area contributed by atoms with Crippen LogP contribution in [-0.2, 0) is 9.59 Å². The Balaban J connectivity index is 2.35. The van der Waals surface area contributed by atoms with Gasteiger partial charge >= 0.3 is 12.1 Å². The third kappa shape index (κ3) is 5.27. The summed E-state index contributed by atoms with van der Waals surface area (Å²) >= 11 is 0. The van der Waals surface area contributed by atoms with Crippen molar-refractivity contribution < 1.29 is 27.7 Å². The molecule has 0 spiro atoms. The van der Waals surface area contributed by atoms with E-state index >= 15 is 0 Å². The molecule has 1 aromatic carbocycles. The molecule has 29 heavy (non-hydrogen) atoms. The summed E-state index contributed by atoms with van der Waals surface area (Å²) in [4.78, 5) is 39.9. The molecule has 0 saturated heterocycles. The number of alkyl halides is 3. The van der Waals surface area contributed by atoms with Gasteiger partial charge in [0.25, 0.3) is 5.69 Å². The fourth-order valence-electron chi connectivity index (χ4n) is 2.55. The van der Waals surface area contributed by atoms with Crippen molar-refractivity contribution in [1.29, 1.82) is 0 Å². The lowest BCUT2D eigenvalue weighted by atomic mass is 10.2. The number of anilines is 2. The summed E-state index contributed by atoms with van der Waals surface area (Å²) < 4.78 is 39.1. The summed E-state index contributed by atoms with van der Waals surface area (Å²) in [6.07, 6.45) is -5.24. The molecule has 2 rings (SSSR count). The minimum Gasteiger partial charge on any atom is -0.298 e. The predicted octanol–water partition coefficient (Wildman–Crippen LogP) is 3.16. The minimum atomic E-state index is -5.24. The number of non-ortho nitro benzene ring substituents is 1. The molecule has 0 atom stereocenters. The second kappa shape index (κ2) is 8.25. The average molecular weight is 410 g/mol.